The lowest BCUT2D eigenvalue weighted by Crippen LogP contribution is -2.43. The minimum atomic E-state index is -1.07. The van der Waals surface area contributed by atoms with Crippen LogP contribution >= 0.6 is 11.8 Å². The highest BCUT2D eigenvalue weighted by Gasteiger charge is 2.33. The van der Waals surface area contributed by atoms with Gasteiger partial charge in [-0.05, 0) is 80.4 Å². The predicted molar refractivity (Wildman–Crippen MR) is 226 cm³/mol. The number of ketones is 2. The number of rotatable bonds is 29. The number of hydrogen-bond acceptors (Lipinski definition) is 15. The second kappa shape index (κ2) is 26.5. The van der Waals surface area contributed by atoms with Gasteiger partial charge in [-0.25, -0.2) is 19.2 Å². The fraction of sp³-hybridized carbons (Fsp3) is 0.348. The van der Waals surface area contributed by atoms with Gasteiger partial charge in [0.1, 0.15) is 26.4 Å². The van der Waals surface area contributed by atoms with E-state index in [0.29, 0.717) is 11.1 Å². The summed E-state index contributed by atoms with van der Waals surface area (Å²) in [4.78, 5) is 74.9. The summed E-state index contributed by atoms with van der Waals surface area (Å²) in [6.07, 6.45) is 3.07. The summed E-state index contributed by atoms with van der Waals surface area (Å²) < 4.78 is 43.3. The van der Waals surface area contributed by atoms with Crippen LogP contribution in [-0.2, 0) is 57.1 Å². The normalized spacial score (nSPS) is 10.9. The predicted octanol–water partition coefficient (Wildman–Crippen LogP) is 5.96. The van der Waals surface area contributed by atoms with Gasteiger partial charge in [-0.1, -0.05) is 49.2 Å². The first-order chi connectivity index (χ1) is 29.3. The minimum Gasteiger partial charge on any atom is -0.460 e. The molecule has 326 valence electrons. The molecule has 0 radical (unpaired) electrons. The van der Waals surface area contributed by atoms with Crippen LogP contribution in [0.1, 0.15) is 43.0 Å². The Hall–Kier alpha value is -5.71. The Balaban J connectivity index is 1.56. The molecule has 3 aromatic carbocycles. The molecule has 15 heteroatoms. The molecular weight excluding hydrogens is 809 g/mol. The van der Waals surface area contributed by atoms with E-state index in [4.69, 9.17) is 37.9 Å². The van der Waals surface area contributed by atoms with E-state index in [0.717, 1.165) is 44.7 Å². The SMILES string of the molecule is C=CC(=O)OCCOCC(COCCOC(=O)C=C)(COCCOC(=O)C=C)COCCOC(=O)C(=O)c1ccc(Sc2ccc(C(=O)c3c(C)cc(C)cc3C)cc2)cc1. The first kappa shape index (κ1) is 49.7. The number of Topliss-reactive ketones (excluding diaryl/α,β-unsaturated/α-hetero) is 1. The molecule has 0 aliphatic carbocycles. The topological polar surface area (TPSA) is 176 Å². The van der Waals surface area contributed by atoms with Crippen LogP contribution in [0.3, 0.4) is 0 Å². The molecular formula is C46H52O14S. The van der Waals surface area contributed by atoms with Gasteiger partial charge in [0.25, 0.3) is 5.78 Å². The van der Waals surface area contributed by atoms with Crippen molar-refractivity contribution in [2.45, 2.75) is 30.6 Å². The van der Waals surface area contributed by atoms with Crippen LogP contribution in [0.15, 0.2) is 108 Å². The molecule has 3 aromatic rings. The quantitative estimate of drug-likeness (QED) is 0.0199. The van der Waals surface area contributed by atoms with Gasteiger partial charge < -0.3 is 37.9 Å². The van der Waals surface area contributed by atoms with Crippen molar-refractivity contribution < 1.29 is 66.7 Å². The average molecular weight is 861 g/mol. The van der Waals surface area contributed by atoms with Gasteiger partial charge in [-0.15, -0.1) is 0 Å². The maximum atomic E-state index is 13.3. The highest BCUT2D eigenvalue weighted by Crippen LogP contribution is 2.29. The van der Waals surface area contributed by atoms with Crippen LogP contribution < -0.4 is 0 Å². The molecule has 0 amide bonds. The molecule has 0 unspecified atom stereocenters. The van der Waals surface area contributed by atoms with Crippen molar-refractivity contribution in [3.8, 4) is 0 Å². The number of carbonyl (C=O) groups excluding carboxylic acids is 6. The fourth-order valence-corrected chi connectivity index (χ4v) is 6.55. The average Bonchev–Trinajstić information content (AvgIpc) is 3.25. The van der Waals surface area contributed by atoms with Crippen LogP contribution in [-0.4, -0.2) is 115 Å². The molecule has 0 aliphatic heterocycles. The maximum Gasteiger partial charge on any atom is 0.379 e. The monoisotopic (exact) mass is 860 g/mol. The first-order valence-electron chi connectivity index (χ1n) is 19.2. The van der Waals surface area contributed by atoms with Gasteiger partial charge in [-0.3, -0.25) is 9.59 Å². The lowest BCUT2D eigenvalue weighted by Gasteiger charge is -2.33. The maximum absolute atomic E-state index is 13.3. The zero-order valence-electron chi connectivity index (χ0n) is 34.7. The van der Waals surface area contributed by atoms with E-state index in [1.54, 1.807) is 24.3 Å². The Morgan fingerprint density at radius 3 is 1.26 bits per heavy atom. The molecule has 3 rings (SSSR count). The summed E-state index contributed by atoms with van der Waals surface area (Å²) in [5, 5.41) is 0. The minimum absolute atomic E-state index is 0.0123. The van der Waals surface area contributed by atoms with Crippen LogP contribution in [0.2, 0.25) is 0 Å². The van der Waals surface area contributed by atoms with Crippen LogP contribution in [0.5, 0.6) is 0 Å². The summed E-state index contributed by atoms with van der Waals surface area (Å²) in [7, 11) is 0. The van der Waals surface area contributed by atoms with E-state index in [1.807, 2.05) is 45.0 Å². The summed E-state index contributed by atoms with van der Waals surface area (Å²) in [6.45, 7) is 15.3. The number of carbonyl (C=O) groups is 6. The molecule has 0 saturated heterocycles. The Bertz CT molecular complexity index is 1890. The summed E-state index contributed by atoms with van der Waals surface area (Å²) in [5.41, 5.74) is 3.40. The van der Waals surface area contributed by atoms with Gasteiger partial charge in [0.05, 0.1) is 58.3 Å². The molecule has 0 aliphatic rings. The number of aryl methyl sites for hydroxylation is 3. The lowest BCUT2D eigenvalue weighted by atomic mass is 9.92. The van der Waals surface area contributed by atoms with Gasteiger partial charge in [0.2, 0.25) is 0 Å². The molecule has 0 N–H and O–H groups in total. The molecule has 0 fully saturated rings. The number of ether oxygens (including phenoxy) is 8. The van der Waals surface area contributed by atoms with Crippen LogP contribution in [0.25, 0.3) is 0 Å². The van der Waals surface area contributed by atoms with E-state index < -0.39 is 35.1 Å². The van der Waals surface area contributed by atoms with Gasteiger partial charge in [0, 0.05) is 44.7 Å². The molecule has 0 heterocycles. The Morgan fingerprint density at radius 1 is 0.525 bits per heavy atom. The number of benzene rings is 3. The summed E-state index contributed by atoms with van der Waals surface area (Å²) in [6, 6.07) is 17.8. The van der Waals surface area contributed by atoms with E-state index in [9.17, 15) is 28.8 Å². The van der Waals surface area contributed by atoms with Gasteiger partial charge in [-0.2, -0.15) is 0 Å². The van der Waals surface area contributed by atoms with Crippen LogP contribution in [0.4, 0.5) is 0 Å². The van der Waals surface area contributed by atoms with E-state index in [1.165, 1.54) is 23.9 Å². The smallest absolute Gasteiger partial charge is 0.379 e. The van der Waals surface area contributed by atoms with E-state index in [2.05, 4.69) is 19.7 Å². The third-order valence-corrected chi connectivity index (χ3v) is 9.58. The molecule has 0 aromatic heterocycles. The molecule has 0 atom stereocenters. The van der Waals surface area contributed by atoms with Crippen molar-refractivity contribution in [3.05, 3.63) is 132 Å². The largest absolute Gasteiger partial charge is 0.460 e. The molecule has 61 heavy (non-hydrogen) atoms. The third kappa shape index (κ3) is 17.4. The second-order valence-electron chi connectivity index (χ2n) is 13.5. The number of esters is 4. The van der Waals surface area contributed by atoms with Gasteiger partial charge >= 0.3 is 23.9 Å². The zero-order chi connectivity index (χ0) is 44.6. The third-order valence-electron chi connectivity index (χ3n) is 8.57. The molecule has 0 saturated carbocycles. The Kier molecular flexibility index (Phi) is 21.6. The van der Waals surface area contributed by atoms with Crippen molar-refractivity contribution in [2.24, 2.45) is 5.41 Å². The van der Waals surface area contributed by atoms with E-state index >= 15 is 0 Å². The summed E-state index contributed by atoms with van der Waals surface area (Å²) >= 11 is 1.44. The van der Waals surface area contributed by atoms with Crippen molar-refractivity contribution in [3.63, 3.8) is 0 Å². The van der Waals surface area contributed by atoms with Crippen molar-refractivity contribution >= 4 is 47.2 Å². The second-order valence-corrected chi connectivity index (χ2v) is 14.7. The van der Waals surface area contributed by atoms with Crippen molar-refractivity contribution in [2.75, 3.05) is 79.3 Å². The van der Waals surface area contributed by atoms with Gasteiger partial charge in [0.15, 0.2) is 5.78 Å². The van der Waals surface area contributed by atoms with Crippen molar-refractivity contribution in [1.29, 1.82) is 0 Å². The fourth-order valence-electron chi connectivity index (χ4n) is 5.73. The molecule has 0 spiro atoms. The molecule has 0 bridgehead atoms. The lowest BCUT2D eigenvalue weighted by molar-refractivity contribution is -0.146. The Labute approximate surface area is 360 Å². The van der Waals surface area contributed by atoms with Crippen molar-refractivity contribution in [1.82, 2.24) is 0 Å². The number of hydrogen-bond donors (Lipinski definition) is 0. The van der Waals surface area contributed by atoms with Crippen LogP contribution in [0, 0.1) is 26.2 Å². The van der Waals surface area contributed by atoms with E-state index in [-0.39, 0.29) is 90.6 Å². The standard InChI is InChI=1S/C46H52O14S/c1-7-39(47)57-22-18-53-28-46(29-54-19-23-58-40(48)8-2,30-55-20-24-59-41(49)9-3)31-56-21-25-60-45(52)44(51)36-12-16-38(17-13-36)61-37-14-10-35(11-15-37)43(50)42-33(5)26-32(4)27-34(42)6/h7-17,26-27H,1-3,18-25,28-31H2,4-6H3. The summed E-state index contributed by atoms with van der Waals surface area (Å²) in [5.74, 6) is -3.79. The Morgan fingerprint density at radius 2 is 0.885 bits per heavy atom. The highest BCUT2D eigenvalue weighted by atomic mass is 32.2. The first-order valence-corrected chi connectivity index (χ1v) is 20.0. The highest BCUT2D eigenvalue weighted by molar-refractivity contribution is 7.99. The zero-order valence-corrected chi connectivity index (χ0v) is 35.6. The molecule has 14 nitrogen and oxygen atoms in total.